The van der Waals surface area contributed by atoms with E-state index in [1.165, 1.54) is 0 Å². The van der Waals surface area contributed by atoms with Crippen LogP contribution in [0, 0.1) is 5.41 Å². The van der Waals surface area contributed by atoms with Crippen molar-refractivity contribution in [2.75, 3.05) is 6.54 Å². The predicted molar refractivity (Wildman–Crippen MR) is 62.4 cm³/mol. The van der Waals surface area contributed by atoms with Gasteiger partial charge in [0, 0.05) is 26.5 Å². The van der Waals surface area contributed by atoms with Crippen LogP contribution in [0.3, 0.4) is 0 Å². The third kappa shape index (κ3) is 5.39. The molecule has 2 nitrogen and oxygen atoms in total. The molecule has 0 fully saturated rings. The Kier molecular flexibility index (Phi) is 8.09. The maximum atomic E-state index is 5.92. The molecule has 0 bridgehead atoms. The fourth-order valence-electron chi connectivity index (χ4n) is 0.528. The van der Waals surface area contributed by atoms with Crippen LogP contribution in [-0.4, -0.2) is 8.10 Å². The van der Waals surface area contributed by atoms with Crippen LogP contribution in [0.2, 0.25) is 0 Å². The summed E-state index contributed by atoms with van der Waals surface area (Å²) in [6, 6.07) is 0. The van der Waals surface area contributed by atoms with Crippen LogP contribution in [0.1, 0.15) is 20.3 Å². The second kappa shape index (κ2) is 5.73. The quantitative estimate of drug-likeness (QED) is 0.313. The van der Waals surface area contributed by atoms with Crippen molar-refractivity contribution in [3.05, 3.63) is 0 Å². The molecule has 0 aromatic heterocycles. The van der Waals surface area contributed by atoms with E-state index in [9.17, 15) is 0 Å². The molecule has 0 rings (SSSR count). The van der Waals surface area contributed by atoms with E-state index < -0.39 is 0 Å². The molecule has 5 heteroatoms. The SMILES string of the molecule is CC(C)(CCN)C(N)(I)I.[Pt]. The Labute approximate surface area is 110 Å². The summed E-state index contributed by atoms with van der Waals surface area (Å²) in [7, 11) is 0. The van der Waals surface area contributed by atoms with Crippen LogP contribution < -0.4 is 11.5 Å². The molecule has 0 aliphatic heterocycles. The summed E-state index contributed by atoms with van der Waals surface area (Å²) >= 11 is 4.50. The van der Waals surface area contributed by atoms with Gasteiger partial charge in [0.2, 0.25) is 0 Å². The first kappa shape index (κ1) is 15.5. The Bertz CT molecular complexity index is 112. The van der Waals surface area contributed by atoms with Gasteiger partial charge in [-0.05, 0) is 58.1 Å². The second-order valence-electron chi connectivity index (χ2n) is 3.05. The van der Waals surface area contributed by atoms with Crippen LogP contribution in [0.15, 0.2) is 0 Å². The summed E-state index contributed by atoms with van der Waals surface area (Å²) in [4.78, 5) is 0. The van der Waals surface area contributed by atoms with Gasteiger partial charge in [-0.1, -0.05) is 13.8 Å². The molecular weight excluding hydrogens is 549 g/mol. The van der Waals surface area contributed by atoms with Gasteiger partial charge in [-0.25, -0.2) is 0 Å². The molecule has 0 saturated carbocycles. The van der Waals surface area contributed by atoms with E-state index in [1.807, 2.05) is 0 Å². The molecule has 0 amide bonds. The molecule has 72 valence electrons. The Morgan fingerprint density at radius 1 is 1.27 bits per heavy atom. The summed E-state index contributed by atoms with van der Waals surface area (Å²) in [6.45, 7) is 4.98. The Morgan fingerprint density at radius 2 is 1.64 bits per heavy atom. The van der Waals surface area contributed by atoms with Crippen molar-refractivity contribution in [3.8, 4) is 0 Å². The molecule has 0 radical (unpaired) electrons. The van der Waals surface area contributed by atoms with Gasteiger partial charge in [-0.15, -0.1) is 0 Å². The summed E-state index contributed by atoms with van der Waals surface area (Å²) in [5, 5.41) is 0. The zero-order chi connectivity index (χ0) is 8.41. The van der Waals surface area contributed by atoms with Crippen molar-refractivity contribution in [1.29, 1.82) is 0 Å². The van der Waals surface area contributed by atoms with E-state index in [-0.39, 0.29) is 28.0 Å². The molecule has 0 aliphatic rings. The smallest absolute Gasteiger partial charge is 0.125 e. The molecule has 0 spiro atoms. The molecule has 4 N–H and O–H groups in total. The van der Waals surface area contributed by atoms with E-state index >= 15 is 0 Å². The first-order chi connectivity index (χ1) is 4.31. The minimum atomic E-state index is -0.193. The largest absolute Gasteiger partial charge is 0.330 e. The molecule has 0 unspecified atom stereocenters. The zero-order valence-corrected chi connectivity index (χ0v) is 13.2. The number of rotatable bonds is 3. The summed E-state index contributed by atoms with van der Waals surface area (Å²) in [5.74, 6) is 0. The van der Waals surface area contributed by atoms with Gasteiger partial charge in [0.1, 0.15) is 1.55 Å². The molecule has 11 heavy (non-hydrogen) atoms. The van der Waals surface area contributed by atoms with Crippen molar-refractivity contribution >= 4 is 45.2 Å². The Morgan fingerprint density at radius 3 is 1.73 bits per heavy atom. The normalized spacial score (nSPS) is 12.5. The van der Waals surface area contributed by atoms with Gasteiger partial charge < -0.3 is 11.5 Å². The van der Waals surface area contributed by atoms with Crippen LogP contribution >= 0.6 is 45.2 Å². The summed E-state index contributed by atoms with van der Waals surface area (Å²) in [5.41, 5.74) is 11.5. The van der Waals surface area contributed by atoms with Crippen LogP contribution in [0.4, 0.5) is 0 Å². The van der Waals surface area contributed by atoms with Gasteiger partial charge in [0.25, 0.3) is 0 Å². The number of halogens is 2. The number of hydrogen-bond donors (Lipinski definition) is 2. The second-order valence-corrected chi connectivity index (χ2v) is 8.51. The van der Waals surface area contributed by atoms with Crippen molar-refractivity contribution in [2.24, 2.45) is 16.9 Å². The predicted octanol–water partition coefficient (Wildman–Crippen LogP) is 1.84. The van der Waals surface area contributed by atoms with Gasteiger partial charge in [0.15, 0.2) is 0 Å². The van der Waals surface area contributed by atoms with Crippen molar-refractivity contribution in [3.63, 3.8) is 0 Å². The van der Waals surface area contributed by atoms with E-state index in [2.05, 4.69) is 59.0 Å². The Hall–Kier alpha value is 2.07. The molecule has 0 atom stereocenters. The summed E-state index contributed by atoms with van der Waals surface area (Å²) in [6.07, 6.45) is 0.968. The first-order valence-corrected chi connectivity index (χ1v) is 5.34. The standard InChI is InChI=1S/C6H14I2N2.Pt/c1-5(2,3-4-9)6(7,8)10;/h3-4,9-10H2,1-2H3;. The number of alkyl halides is 2. The van der Waals surface area contributed by atoms with Crippen LogP contribution in [0.25, 0.3) is 0 Å². The van der Waals surface area contributed by atoms with Gasteiger partial charge >= 0.3 is 0 Å². The maximum Gasteiger partial charge on any atom is 0.125 e. The zero-order valence-electron chi connectivity index (χ0n) is 6.64. The first-order valence-electron chi connectivity index (χ1n) is 3.18. The van der Waals surface area contributed by atoms with Crippen LogP contribution in [0.5, 0.6) is 0 Å². The average molecular weight is 563 g/mol. The minimum absolute atomic E-state index is 0. The molecule has 0 saturated heterocycles. The van der Waals surface area contributed by atoms with E-state index in [0.717, 1.165) is 6.42 Å². The van der Waals surface area contributed by atoms with Crippen molar-refractivity contribution < 1.29 is 21.1 Å². The molecule has 0 aliphatic carbocycles. The van der Waals surface area contributed by atoms with E-state index in [1.54, 1.807) is 0 Å². The average Bonchev–Trinajstić information content (AvgIpc) is 1.61. The Balaban J connectivity index is 0. The third-order valence-electron chi connectivity index (χ3n) is 1.67. The maximum absolute atomic E-state index is 5.92. The van der Waals surface area contributed by atoms with Crippen LogP contribution in [-0.2, 0) is 21.1 Å². The fraction of sp³-hybridized carbons (Fsp3) is 1.00. The van der Waals surface area contributed by atoms with Gasteiger partial charge in [-0.3, -0.25) is 0 Å². The third-order valence-corrected chi connectivity index (χ3v) is 4.59. The monoisotopic (exact) mass is 563 g/mol. The fourth-order valence-corrected chi connectivity index (χ4v) is 1.07. The van der Waals surface area contributed by atoms with E-state index in [0.29, 0.717) is 6.54 Å². The topological polar surface area (TPSA) is 52.0 Å². The molecule has 0 heterocycles. The number of hydrogen-bond acceptors (Lipinski definition) is 2. The van der Waals surface area contributed by atoms with Gasteiger partial charge in [0.05, 0.1) is 0 Å². The minimum Gasteiger partial charge on any atom is -0.330 e. The summed E-state index contributed by atoms with van der Waals surface area (Å²) < 4.78 is -0.193. The van der Waals surface area contributed by atoms with Crippen molar-refractivity contribution in [2.45, 2.75) is 21.8 Å². The van der Waals surface area contributed by atoms with Gasteiger partial charge in [-0.2, -0.15) is 0 Å². The molecular formula is C6H14I2N2Pt. The number of nitrogens with two attached hydrogens (primary N) is 2. The van der Waals surface area contributed by atoms with E-state index in [4.69, 9.17) is 11.5 Å². The molecule has 0 aromatic rings. The molecule has 0 aromatic carbocycles. The van der Waals surface area contributed by atoms with Crippen molar-refractivity contribution in [1.82, 2.24) is 0 Å².